The van der Waals surface area contributed by atoms with E-state index in [1.165, 1.54) is 12.1 Å². The molecule has 0 unspecified atom stereocenters. The third kappa shape index (κ3) is 5.07. The predicted octanol–water partition coefficient (Wildman–Crippen LogP) is 3.66. The summed E-state index contributed by atoms with van der Waals surface area (Å²) in [6.07, 6.45) is 4.38. The monoisotopic (exact) mass is 427 g/mol. The number of nitrogens with zero attached hydrogens (tertiary/aromatic N) is 4. The number of fused-ring (bicyclic) bond motifs is 1. The molecular weight excluding hydrogens is 400 g/mol. The van der Waals surface area contributed by atoms with Gasteiger partial charge in [-0.05, 0) is 56.7 Å². The zero-order valence-corrected chi connectivity index (χ0v) is 17.8. The number of rotatable bonds is 5. The first-order valence-electron chi connectivity index (χ1n) is 10.5. The third-order valence-corrected chi connectivity index (χ3v) is 5.67. The minimum Gasteiger partial charge on any atom is -0.390 e. The molecule has 164 valence electrons. The molecule has 0 saturated carbocycles. The van der Waals surface area contributed by atoms with Gasteiger partial charge in [-0.25, -0.2) is 18.7 Å². The number of aliphatic hydroxyl groups is 1. The highest BCUT2D eigenvalue weighted by Gasteiger charge is 2.24. The Hall–Kier alpha value is -2.87. The smallest absolute Gasteiger partial charge is 0.172 e. The number of halogens is 2. The van der Waals surface area contributed by atoms with Crippen molar-refractivity contribution < 1.29 is 13.9 Å². The van der Waals surface area contributed by atoms with Crippen molar-refractivity contribution >= 4 is 22.7 Å². The number of aromatic nitrogens is 3. The van der Waals surface area contributed by atoms with Gasteiger partial charge in [-0.15, -0.1) is 0 Å². The second-order valence-electron chi connectivity index (χ2n) is 8.96. The Bertz CT molecular complexity index is 1090. The maximum Gasteiger partial charge on any atom is 0.172 e. The Morgan fingerprint density at radius 1 is 1.13 bits per heavy atom. The summed E-state index contributed by atoms with van der Waals surface area (Å²) in [6.45, 7) is 4.94. The standard InChI is InChI=1S/C23H27F2N5O/c1-23(2,31)12-17-11-19-20(13-27-17)29-22(21(26)28-19)30-7-5-14(6-8-30)9-15-3-4-16(24)10-18(15)25/h3-4,10-11,13-14,31H,5-9,12H2,1-2H3,(H2,26,28). The van der Waals surface area contributed by atoms with E-state index in [0.717, 1.165) is 37.7 Å². The molecule has 0 aliphatic carbocycles. The predicted molar refractivity (Wildman–Crippen MR) is 117 cm³/mol. The van der Waals surface area contributed by atoms with Crippen LogP contribution in [0, 0.1) is 17.6 Å². The normalized spacial score (nSPS) is 15.6. The number of pyridine rings is 1. The highest BCUT2D eigenvalue weighted by atomic mass is 19.1. The molecule has 1 aromatic carbocycles. The lowest BCUT2D eigenvalue weighted by atomic mass is 9.90. The number of hydrogen-bond donors (Lipinski definition) is 2. The molecule has 2 aromatic heterocycles. The Morgan fingerprint density at radius 3 is 2.55 bits per heavy atom. The van der Waals surface area contributed by atoms with E-state index in [4.69, 9.17) is 5.73 Å². The van der Waals surface area contributed by atoms with Gasteiger partial charge in [0.25, 0.3) is 0 Å². The molecular formula is C23H27F2N5O. The number of anilines is 2. The van der Waals surface area contributed by atoms with Gasteiger partial charge in [0.15, 0.2) is 11.6 Å². The van der Waals surface area contributed by atoms with Crippen LogP contribution < -0.4 is 10.6 Å². The molecule has 1 aliphatic rings. The van der Waals surface area contributed by atoms with E-state index in [2.05, 4.69) is 19.9 Å². The summed E-state index contributed by atoms with van der Waals surface area (Å²) in [5.74, 6) is 0.274. The van der Waals surface area contributed by atoms with Crippen LogP contribution in [0.3, 0.4) is 0 Å². The number of piperidine rings is 1. The fourth-order valence-electron chi connectivity index (χ4n) is 4.13. The van der Waals surface area contributed by atoms with Crippen molar-refractivity contribution in [2.24, 2.45) is 5.92 Å². The highest BCUT2D eigenvalue weighted by Crippen LogP contribution is 2.29. The van der Waals surface area contributed by atoms with E-state index in [1.54, 1.807) is 20.0 Å². The van der Waals surface area contributed by atoms with Gasteiger partial charge in [-0.3, -0.25) is 4.98 Å². The first-order chi connectivity index (χ1) is 14.7. The first-order valence-corrected chi connectivity index (χ1v) is 10.5. The van der Waals surface area contributed by atoms with Gasteiger partial charge < -0.3 is 15.7 Å². The maximum absolute atomic E-state index is 14.0. The van der Waals surface area contributed by atoms with Crippen LogP contribution in [0.25, 0.3) is 11.0 Å². The molecule has 8 heteroatoms. The van der Waals surface area contributed by atoms with E-state index in [-0.39, 0.29) is 0 Å². The van der Waals surface area contributed by atoms with Crippen molar-refractivity contribution in [2.45, 2.75) is 45.1 Å². The second-order valence-corrected chi connectivity index (χ2v) is 8.96. The number of benzene rings is 1. The van der Waals surface area contributed by atoms with Gasteiger partial charge in [0.05, 0.1) is 17.3 Å². The Labute approximate surface area is 180 Å². The summed E-state index contributed by atoms with van der Waals surface area (Å²) in [6, 6.07) is 5.59. The zero-order chi connectivity index (χ0) is 22.2. The average molecular weight is 427 g/mol. The molecule has 3 heterocycles. The molecule has 1 saturated heterocycles. The lowest BCUT2D eigenvalue weighted by Gasteiger charge is -2.33. The van der Waals surface area contributed by atoms with E-state index < -0.39 is 17.2 Å². The van der Waals surface area contributed by atoms with Crippen LogP contribution in [-0.4, -0.2) is 38.7 Å². The van der Waals surface area contributed by atoms with E-state index in [1.807, 2.05) is 6.07 Å². The summed E-state index contributed by atoms with van der Waals surface area (Å²) in [5, 5.41) is 10.0. The van der Waals surface area contributed by atoms with Crippen LogP contribution >= 0.6 is 0 Å². The van der Waals surface area contributed by atoms with Gasteiger partial charge in [-0.2, -0.15) is 0 Å². The van der Waals surface area contributed by atoms with Gasteiger partial charge in [-0.1, -0.05) is 6.07 Å². The number of nitrogen functional groups attached to an aromatic ring is 1. The minimum atomic E-state index is -0.860. The summed E-state index contributed by atoms with van der Waals surface area (Å²) >= 11 is 0. The Morgan fingerprint density at radius 2 is 1.87 bits per heavy atom. The van der Waals surface area contributed by atoms with E-state index in [9.17, 15) is 13.9 Å². The minimum absolute atomic E-state index is 0.317. The van der Waals surface area contributed by atoms with Crippen LogP contribution in [0.2, 0.25) is 0 Å². The molecule has 0 radical (unpaired) electrons. The average Bonchev–Trinajstić information content (AvgIpc) is 2.69. The molecule has 0 spiro atoms. The maximum atomic E-state index is 14.0. The molecule has 3 aromatic rings. The second kappa shape index (κ2) is 8.34. The quantitative estimate of drug-likeness (QED) is 0.646. The molecule has 0 atom stereocenters. The molecule has 4 rings (SSSR count). The number of hydrogen-bond acceptors (Lipinski definition) is 6. The van der Waals surface area contributed by atoms with Crippen molar-refractivity contribution in [2.75, 3.05) is 23.7 Å². The van der Waals surface area contributed by atoms with Crippen LogP contribution in [0.15, 0.2) is 30.5 Å². The van der Waals surface area contributed by atoms with Crippen LogP contribution in [0.1, 0.15) is 37.9 Å². The Kier molecular flexibility index (Phi) is 5.75. The van der Waals surface area contributed by atoms with Crippen LogP contribution in [0.5, 0.6) is 0 Å². The van der Waals surface area contributed by atoms with Gasteiger partial charge in [0, 0.05) is 31.3 Å². The van der Waals surface area contributed by atoms with E-state index >= 15 is 0 Å². The fraction of sp³-hybridized carbons (Fsp3) is 0.435. The van der Waals surface area contributed by atoms with Gasteiger partial charge in [0.2, 0.25) is 0 Å². The zero-order valence-electron chi connectivity index (χ0n) is 17.8. The van der Waals surface area contributed by atoms with Crippen molar-refractivity contribution in [1.29, 1.82) is 0 Å². The lowest BCUT2D eigenvalue weighted by Crippen LogP contribution is -2.35. The van der Waals surface area contributed by atoms with Crippen molar-refractivity contribution in [3.8, 4) is 0 Å². The summed E-state index contributed by atoms with van der Waals surface area (Å²) in [5.41, 5.74) is 7.94. The largest absolute Gasteiger partial charge is 0.390 e. The molecule has 0 bridgehead atoms. The van der Waals surface area contributed by atoms with Crippen molar-refractivity contribution in [3.05, 3.63) is 53.4 Å². The van der Waals surface area contributed by atoms with Crippen LogP contribution in [0.4, 0.5) is 20.4 Å². The van der Waals surface area contributed by atoms with Gasteiger partial charge >= 0.3 is 0 Å². The fourth-order valence-corrected chi connectivity index (χ4v) is 4.13. The molecule has 1 aliphatic heterocycles. The lowest BCUT2D eigenvalue weighted by molar-refractivity contribution is 0.0800. The third-order valence-electron chi connectivity index (χ3n) is 5.67. The highest BCUT2D eigenvalue weighted by molar-refractivity contribution is 5.79. The van der Waals surface area contributed by atoms with Crippen molar-refractivity contribution in [1.82, 2.24) is 15.0 Å². The molecule has 0 amide bonds. The van der Waals surface area contributed by atoms with Crippen molar-refractivity contribution in [3.63, 3.8) is 0 Å². The van der Waals surface area contributed by atoms with Gasteiger partial charge in [0.1, 0.15) is 17.2 Å². The summed E-state index contributed by atoms with van der Waals surface area (Å²) in [7, 11) is 0. The molecule has 31 heavy (non-hydrogen) atoms. The molecule has 1 fully saturated rings. The Balaban J connectivity index is 1.45. The van der Waals surface area contributed by atoms with E-state index in [0.29, 0.717) is 47.0 Å². The topological polar surface area (TPSA) is 88.2 Å². The summed E-state index contributed by atoms with van der Waals surface area (Å²) < 4.78 is 27.1. The molecule has 6 nitrogen and oxygen atoms in total. The number of nitrogens with two attached hydrogens (primary N) is 1. The molecule has 3 N–H and O–H groups in total. The summed E-state index contributed by atoms with van der Waals surface area (Å²) in [4.78, 5) is 15.7. The van der Waals surface area contributed by atoms with Crippen LogP contribution in [-0.2, 0) is 12.8 Å². The first kappa shape index (κ1) is 21.4. The SMILES string of the molecule is CC(C)(O)Cc1cc2nc(N)c(N3CCC(Cc4ccc(F)cc4F)CC3)nc2cn1.